The lowest BCUT2D eigenvalue weighted by Gasteiger charge is -2.07. The minimum absolute atomic E-state index is 0.0273. The highest BCUT2D eigenvalue weighted by Gasteiger charge is 2.19. The molecule has 0 bridgehead atoms. The van der Waals surface area contributed by atoms with Gasteiger partial charge in [-0.3, -0.25) is 4.79 Å². The first-order valence-electron chi connectivity index (χ1n) is 11.5. The fourth-order valence-corrected chi connectivity index (χ4v) is 3.03. The normalized spacial score (nSPS) is 15.6. The lowest BCUT2D eigenvalue weighted by molar-refractivity contribution is -0.147. The SMILES string of the molecule is CC1COC(=O)O1.CCCCCCCCCCCCCCCC(=O)OC(C)C. The number of esters is 1. The van der Waals surface area contributed by atoms with Crippen molar-refractivity contribution in [3.05, 3.63) is 0 Å². The van der Waals surface area contributed by atoms with Crippen LogP contribution in [0.2, 0.25) is 0 Å². The van der Waals surface area contributed by atoms with Crippen LogP contribution in [0.25, 0.3) is 0 Å². The Balaban J connectivity index is 0.000000861. The van der Waals surface area contributed by atoms with Gasteiger partial charge in [0.1, 0.15) is 12.7 Å². The van der Waals surface area contributed by atoms with Gasteiger partial charge in [0.2, 0.25) is 0 Å². The van der Waals surface area contributed by atoms with E-state index in [0.717, 1.165) is 6.42 Å². The first kappa shape index (κ1) is 26.7. The Morgan fingerprint density at radius 3 is 1.71 bits per heavy atom. The van der Waals surface area contributed by atoms with Gasteiger partial charge in [0.05, 0.1) is 6.10 Å². The number of carbonyl (C=O) groups excluding carboxylic acids is 2. The number of ether oxygens (including phenoxy) is 3. The van der Waals surface area contributed by atoms with Crippen molar-refractivity contribution in [2.45, 2.75) is 130 Å². The zero-order valence-electron chi connectivity index (χ0n) is 18.8. The second-order valence-corrected chi connectivity index (χ2v) is 8.02. The average Bonchev–Trinajstić information content (AvgIpc) is 3.02. The van der Waals surface area contributed by atoms with E-state index >= 15 is 0 Å². The van der Waals surface area contributed by atoms with Gasteiger partial charge in [-0.2, -0.15) is 0 Å². The molecule has 1 aliphatic rings. The number of cyclic esters (lactones) is 2. The quantitative estimate of drug-likeness (QED) is 0.219. The molecular formula is C23H44O5. The summed E-state index contributed by atoms with van der Waals surface area (Å²) < 4.78 is 14.0. The zero-order chi connectivity index (χ0) is 21.0. The van der Waals surface area contributed by atoms with E-state index in [4.69, 9.17) is 4.74 Å². The third-order valence-corrected chi connectivity index (χ3v) is 4.58. The molecule has 1 rings (SSSR count). The van der Waals surface area contributed by atoms with Crippen LogP contribution in [-0.2, 0) is 19.0 Å². The second-order valence-electron chi connectivity index (χ2n) is 8.02. The first-order valence-corrected chi connectivity index (χ1v) is 11.5. The van der Waals surface area contributed by atoms with Crippen LogP contribution in [-0.4, -0.2) is 30.9 Å². The molecule has 28 heavy (non-hydrogen) atoms. The summed E-state index contributed by atoms with van der Waals surface area (Å²) in [7, 11) is 0. The van der Waals surface area contributed by atoms with Gasteiger partial charge in [-0.25, -0.2) is 4.79 Å². The van der Waals surface area contributed by atoms with E-state index in [1.165, 1.54) is 77.0 Å². The Morgan fingerprint density at radius 1 is 0.929 bits per heavy atom. The largest absolute Gasteiger partial charge is 0.508 e. The lowest BCUT2D eigenvalue weighted by Crippen LogP contribution is -2.10. The van der Waals surface area contributed by atoms with Crippen molar-refractivity contribution >= 4 is 12.1 Å². The number of carbonyl (C=O) groups is 2. The van der Waals surface area contributed by atoms with Crippen molar-refractivity contribution in [3.63, 3.8) is 0 Å². The number of unbranched alkanes of at least 4 members (excludes halogenated alkanes) is 12. The molecule has 1 aliphatic heterocycles. The average molecular weight is 401 g/mol. The monoisotopic (exact) mass is 400 g/mol. The Hall–Kier alpha value is -1.26. The predicted octanol–water partition coefficient (Wildman–Crippen LogP) is 6.96. The van der Waals surface area contributed by atoms with Gasteiger partial charge in [-0.05, 0) is 27.2 Å². The number of hydrogen-bond donors (Lipinski definition) is 0. The number of hydrogen-bond acceptors (Lipinski definition) is 5. The summed E-state index contributed by atoms with van der Waals surface area (Å²) in [5.41, 5.74) is 0. The fourth-order valence-electron chi connectivity index (χ4n) is 3.03. The highest BCUT2D eigenvalue weighted by Crippen LogP contribution is 2.13. The van der Waals surface area contributed by atoms with Crippen LogP contribution in [0.4, 0.5) is 4.79 Å². The summed E-state index contributed by atoms with van der Waals surface area (Å²) in [4.78, 5) is 21.3. The Kier molecular flexibility index (Phi) is 18.2. The van der Waals surface area contributed by atoms with Gasteiger partial charge in [0.25, 0.3) is 0 Å². The molecule has 1 fully saturated rings. The minimum Gasteiger partial charge on any atom is -0.463 e. The smallest absolute Gasteiger partial charge is 0.463 e. The van der Waals surface area contributed by atoms with Crippen LogP contribution in [0.5, 0.6) is 0 Å². The molecule has 0 aromatic heterocycles. The van der Waals surface area contributed by atoms with E-state index in [9.17, 15) is 9.59 Å². The van der Waals surface area contributed by atoms with Crippen LogP contribution >= 0.6 is 0 Å². The summed E-state index contributed by atoms with van der Waals surface area (Å²) in [5, 5.41) is 0. The Labute approximate surface area is 172 Å². The molecule has 0 saturated carbocycles. The van der Waals surface area contributed by atoms with E-state index in [0.29, 0.717) is 13.0 Å². The molecular weight excluding hydrogens is 356 g/mol. The van der Waals surface area contributed by atoms with Crippen molar-refractivity contribution < 1.29 is 23.8 Å². The van der Waals surface area contributed by atoms with E-state index in [2.05, 4.69) is 16.4 Å². The Morgan fingerprint density at radius 2 is 1.39 bits per heavy atom. The van der Waals surface area contributed by atoms with Gasteiger partial charge >= 0.3 is 12.1 Å². The van der Waals surface area contributed by atoms with Gasteiger partial charge in [-0.1, -0.05) is 84.0 Å². The molecule has 1 heterocycles. The van der Waals surface area contributed by atoms with Crippen molar-refractivity contribution in [1.82, 2.24) is 0 Å². The molecule has 1 atom stereocenters. The van der Waals surface area contributed by atoms with Crippen molar-refractivity contribution in [2.75, 3.05) is 6.61 Å². The van der Waals surface area contributed by atoms with Gasteiger partial charge in [0.15, 0.2) is 0 Å². The van der Waals surface area contributed by atoms with Crippen LogP contribution in [0.1, 0.15) is 118 Å². The predicted molar refractivity (Wildman–Crippen MR) is 113 cm³/mol. The van der Waals surface area contributed by atoms with Crippen molar-refractivity contribution in [1.29, 1.82) is 0 Å². The van der Waals surface area contributed by atoms with E-state index in [1.807, 2.05) is 13.8 Å². The molecule has 5 heteroatoms. The molecule has 0 radical (unpaired) electrons. The molecule has 0 spiro atoms. The van der Waals surface area contributed by atoms with Crippen molar-refractivity contribution in [2.24, 2.45) is 0 Å². The summed E-state index contributed by atoms with van der Waals surface area (Å²) in [6.07, 6.45) is 17.4. The fraction of sp³-hybridized carbons (Fsp3) is 0.913. The third-order valence-electron chi connectivity index (χ3n) is 4.58. The zero-order valence-corrected chi connectivity index (χ0v) is 18.8. The molecule has 166 valence electrons. The summed E-state index contributed by atoms with van der Waals surface area (Å²) in [6, 6.07) is 0. The number of rotatable bonds is 15. The maximum Gasteiger partial charge on any atom is 0.508 e. The van der Waals surface area contributed by atoms with Crippen molar-refractivity contribution in [3.8, 4) is 0 Å². The van der Waals surface area contributed by atoms with Gasteiger partial charge in [0, 0.05) is 6.42 Å². The molecule has 0 aliphatic carbocycles. The maximum absolute atomic E-state index is 11.3. The van der Waals surface area contributed by atoms with E-state index in [1.54, 1.807) is 6.92 Å². The molecule has 0 N–H and O–H groups in total. The second kappa shape index (κ2) is 19.1. The summed E-state index contributed by atoms with van der Waals surface area (Å²) in [5.74, 6) is -0.0342. The summed E-state index contributed by atoms with van der Waals surface area (Å²) >= 11 is 0. The molecule has 0 amide bonds. The van der Waals surface area contributed by atoms with E-state index in [-0.39, 0.29) is 18.2 Å². The molecule has 0 aromatic rings. The third kappa shape index (κ3) is 19.5. The highest BCUT2D eigenvalue weighted by atomic mass is 16.8. The topological polar surface area (TPSA) is 61.8 Å². The standard InChI is InChI=1S/C19H38O2.C4H6O3/c1-4-5-6-7-8-9-10-11-12-13-14-15-16-17-19(20)21-18(2)3;1-3-2-6-4(5)7-3/h18H,4-17H2,1-3H3;3H,2H2,1H3. The minimum atomic E-state index is -0.549. The van der Waals surface area contributed by atoms with Crippen LogP contribution in [0.3, 0.4) is 0 Å². The van der Waals surface area contributed by atoms with Gasteiger partial charge < -0.3 is 14.2 Å². The highest BCUT2D eigenvalue weighted by molar-refractivity contribution is 5.69. The van der Waals surface area contributed by atoms with Crippen LogP contribution < -0.4 is 0 Å². The van der Waals surface area contributed by atoms with Gasteiger partial charge in [-0.15, -0.1) is 0 Å². The first-order chi connectivity index (χ1) is 13.5. The maximum atomic E-state index is 11.3. The lowest BCUT2D eigenvalue weighted by atomic mass is 10.0. The van der Waals surface area contributed by atoms with Crippen LogP contribution in [0, 0.1) is 0 Å². The molecule has 1 saturated heterocycles. The Bertz CT molecular complexity index is 381. The van der Waals surface area contributed by atoms with E-state index < -0.39 is 6.16 Å². The molecule has 5 nitrogen and oxygen atoms in total. The summed E-state index contributed by atoms with van der Waals surface area (Å²) in [6.45, 7) is 8.26. The molecule has 1 unspecified atom stereocenters. The molecule has 0 aromatic carbocycles. The van der Waals surface area contributed by atoms with Crippen LogP contribution in [0.15, 0.2) is 0 Å².